The second-order valence-corrected chi connectivity index (χ2v) is 8.13. The lowest BCUT2D eigenvalue weighted by Crippen LogP contribution is -2.22. The largest absolute Gasteiger partial charge is 0.246 e. The van der Waals surface area contributed by atoms with Gasteiger partial charge in [-0.1, -0.05) is 26.0 Å². The summed E-state index contributed by atoms with van der Waals surface area (Å²) in [6.07, 6.45) is 0. The topological polar surface area (TPSA) is 64.8 Å². The van der Waals surface area contributed by atoms with E-state index in [9.17, 15) is 8.42 Å². The van der Waals surface area contributed by atoms with E-state index in [1.165, 1.54) is 0 Å². The maximum atomic E-state index is 11.1. The second-order valence-electron chi connectivity index (χ2n) is 5.36. The highest BCUT2D eigenvalue weighted by molar-refractivity contribution is 8.13. The van der Waals surface area contributed by atoms with E-state index >= 15 is 0 Å². The Morgan fingerprint density at radius 1 is 1.35 bits per heavy atom. The van der Waals surface area contributed by atoms with Crippen LogP contribution in [-0.2, 0) is 20.2 Å². The summed E-state index contributed by atoms with van der Waals surface area (Å²) in [5.74, 6) is -0.284. The van der Waals surface area contributed by atoms with Crippen LogP contribution in [0.25, 0.3) is 0 Å². The third kappa shape index (κ3) is 3.67. The molecule has 0 radical (unpaired) electrons. The summed E-state index contributed by atoms with van der Waals surface area (Å²) in [4.78, 5) is 0. The van der Waals surface area contributed by atoms with Crippen LogP contribution in [0.3, 0.4) is 0 Å². The van der Waals surface area contributed by atoms with E-state index < -0.39 is 9.05 Å². The summed E-state index contributed by atoms with van der Waals surface area (Å²) in [6.45, 7) is 9.94. The Labute approximate surface area is 107 Å². The molecule has 0 fully saturated rings. The Morgan fingerprint density at radius 2 is 1.88 bits per heavy atom. The van der Waals surface area contributed by atoms with E-state index in [-0.39, 0.29) is 17.2 Å². The van der Waals surface area contributed by atoms with Crippen LogP contribution < -0.4 is 0 Å². The van der Waals surface area contributed by atoms with Gasteiger partial charge in [0.25, 0.3) is 0 Å². The van der Waals surface area contributed by atoms with Gasteiger partial charge in [0.15, 0.2) is 0 Å². The van der Waals surface area contributed by atoms with Crippen molar-refractivity contribution in [1.82, 2.24) is 15.0 Å². The minimum Gasteiger partial charge on any atom is -0.246 e. The molecule has 0 saturated carbocycles. The van der Waals surface area contributed by atoms with Crippen molar-refractivity contribution in [3.05, 3.63) is 11.4 Å². The van der Waals surface area contributed by atoms with Crippen molar-refractivity contribution in [1.29, 1.82) is 0 Å². The van der Waals surface area contributed by atoms with Gasteiger partial charge in [-0.15, -0.1) is 5.10 Å². The lowest BCUT2D eigenvalue weighted by atomic mass is 9.90. The Balaban J connectivity index is 3.34. The van der Waals surface area contributed by atoms with Crippen molar-refractivity contribution in [3.63, 3.8) is 0 Å². The Bertz CT molecular complexity index is 500. The Morgan fingerprint density at radius 3 is 2.24 bits per heavy atom. The normalized spacial score (nSPS) is 13.4. The molecule has 0 N–H and O–H groups in total. The van der Waals surface area contributed by atoms with Crippen LogP contribution in [0.5, 0.6) is 0 Å². The highest BCUT2D eigenvalue weighted by Crippen LogP contribution is 2.28. The van der Waals surface area contributed by atoms with E-state index in [1.807, 2.05) is 34.6 Å². The molecule has 1 aromatic rings. The number of aromatic nitrogens is 3. The number of hydrogen-bond acceptors (Lipinski definition) is 4. The number of nitrogens with zero attached hydrogens (tertiary/aromatic N) is 3. The number of rotatable bonds is 3. The Kier molecular flexibility index (Phi) is 3.88. The van der Waals surface area contributed by atoms with Gasteiger partial charge in [0.1, 0.15) is 11.4 Å². The molecular weight excluding hydrogens is 262 g/mol. The molecule has 1 heterocycles. The van der Waals surface area contributed by atoms with E-state index in [1.54, 1.807) is 4.68 Å². The van der Waals surface area contributed by atoms with Gasteiger partial charge < -0.3 is 0 Å². The first-order valence-corrected chi connectivity index (χ1v) is 7.87. The van der Waals surface area contributed by atoms with Crippen LogP contribution in [0.15, 0.2) is 0 Å². The van der Waals surface area contributed by atoms with Gasteiger partial charge in [-0.25, -0.2) is 13.1 Å². The highest BCUT2D eigenvalue weighted by atomic mass is 35.7. The molecule has 98 valence electrons. The Hall–Kier alpha value is -0.620. The first-order chi connectivity index (χ1) is 7.52. The average molecular weight is 280 g/mol. The van der Waals surface area contributed by atoms with E-state index in [0.29, 0.717) is 5.69 Å². The van der Waals surface area contributed by atoms with Gasteiger partial charge in [0.2, 0.25) is 9.05 Å². The van der Waals surface area contributed by atoms with Crippen LogP contribution >= 0.6 is 10.7 Å². The third-order valence-corrected chi connectivity index (χ3v) is 3.22. The van der Waals surface area contributed by atoms with Crippen molar-refractivity contribution in [3.8, 4) is 0 Å². The molecule has 0 unspecified atom stereocenters. The SMILES string of the molecule is CC(C)n1nnc(CS(=O)(=O)Cl)c1C(C)(C)C. The number of halogens is 1. The van der Waals surface area contributed by atoms with Gasteiger partial charge in [-0.2, -0.15) is 0 Å². The number of hydrogen-bond donors (Lipinski definition) is 0. The van der Waals surface area contributed by atoms with Crippen molar-refractivity contribution < 1.29 is 8.42 Å². The van der Waals surface area contributed by atoms with Crippen LogP contribution in [0.4, 0.5) is 0 Å². The third-order valence-electron chi connectivity index (χ3n) is 2.27. The molecule has 0 saturated heterocycles. The first-order valence-electron chi connectivity index (χ1n) is 5.39. The van der Waals surface area contributed by atoms with E-state index in [0.717, 1.165) is 5.69 Å². The van der Waals surface area contributed by atoms with Crippen molar-refractivity contribution in [2.75, 3.05) is 0 Å². The molecule has 0 aromatic carbocycles. The lowest BCUT2D eigenvalue weighted by Gasteiger charge is -2.22. The molecule has 0 bridgehead atoms. The summed E-state index contributed by atoms with van der Waals surface area (Å²) < 4.78 is 24.0. The molecule has 17 heavy (non-hydrogen) atoms. The molecule has 0 amide bonds. The molecule has 0 aliphatic heterocycles. The molecule has 5 nitrogen and oxygen atoms in total. The minimum atomic E-state index is -3.62. The predicted octanol–water partition coefficient (Wildman–Crippen LogP) is 2.23. The monoisotopic (exact) mass is 279 g/mol. The second kappa shape index (κ2) is 4.57. The minimum absolute atomic E-state index is 0.128. The molecule has 0 aliphatic rings. The van der Waals surface area contributed by atoms with Gasteiger partial charge in [0.05, 0.1) is 5.69 Å². The molecule has 0 spiro atoms. The molecule has 7 heteroatoms. The fourth-order valence-electron chi connectivity index (χ4n) is 1.73. The quantitative estimate of drug-likeness (QED) is 0.796. The molecule has 0 atom stereocenters. The summed E-state index contributed by atoms with van der Waals surface area (Å²) >= 11 is 0. The van der Waals surface area contributed by atoms with Gasteiger partial charge in [-0.3, -0.25) is 0 Å². The molecular formula is C10H18ClN3O2S. The fourth-order valence-corrected chi connectivity index (χ4v) is 2.56. The maximum Gasteiger partial charge on any atom is 0.238 e. The van der Waals surface area contributed by atoms with Crippen LogP contribution in [0.1, 0.15) is 52.0 Å². The smallest absolute Gasteiger partial charge is 0.238 e. The van der Waals surface area contributed by atoms with E-state index in [2.05, 4.69) is 10.3 Å². The highest BCUT2D eigenvalue weighted by Gasteiger charge is 2.28. The molecule has 1 aromatic heterocycles. The van der Waals surface area contributed by atoms with Crippen molar-refractivity contribution in [2.45, 2.75) is 51.8 Å². The van der Waals surface area contributed by atoms with Crippen LogP contribution in [-0.4, -0.2) is 23.4 Å². The zero-order chi connectivity index (χ0) is 13.4. The van der Waals surface area contributed by atoms with Gasteiger partial charge >= 0.3 is 0 Å². The molecule has 1 rings (SSSR count). The van der Waals surface area contributed by atoms with Gasteiger partial charge in [-0.05, 0) is 13.8 Å². The average Bonchev–Trinajstić information content (AvgIpc) is 2.43. The van der Waals surface area contributed by atoms with Gasteiger partial charge in [0, 0.05) is 22.1 Å². The molecule has 0 aliphatic carbocycles. The zero-order valence-electron chi connectivity index (χ0n) is 10.7. The summed E-state index contributed by atoms with van der Waals surface area (Å²) in [5, 5.41) is 7.95. The standard InChI is InChI=1S/C10H18ClN3O2S/c1-7(2)14-9(10(3,4)5)8(12-13-14)6-17(11,15)16/h7H,6H2,1-5H3. The lowest BCUT2D eigenvalue weighted by molar-refractivity contribution is 0.438. The first kappa shape index (κ1) is 14.4. The zero-order valence-corrected chi connectivity index (χ0v) is 12.3. The maximum absolute atomic E-state index is 11.1. The summed E-state index contributed by atoms with van der Waals surface area (Å²) in [6, 6.07) is 0.128. The van der Waals surface area contributed by atoms with Crippen molar-refractivity contribution >= 4 is 19.7 Å². The van der Waals surface area contributed by atoms with E-state index in [4.69, 9.17) is 10.7 Å². The van der Waals surface area contributed by atoms with Crippen LogP contribution in [0.2, 0.25) is 0 Å². The van der Waals surface area contributed by atoms with Crippen molar-refractivity contribution in [2.24, 2.45) is 0 Å². The van der Waals surface area contributed by atoms with Crippen LogP contribution in [0, 0.1) is 0 Å². The fraction of sp³-hybridized carbons (Fsp3) is 0.800. The predicted molar refractivity (Wildman–Crippen MR) is 67.6 cm³/mol. The summed E-state index contributed by atoms with van der Waals surface area (Å²) in [7, 11) is 1.66. The summed E-state index contributed by atoms with van der Waals surface area (Å²) in [5.41, 5.74) is 1.02.